The zero-order valence-electron chi connectivity index (χ0n) is 14.6. The van der Waals surface area contributed by atoms with Gasteiger partial charge < -0.3 is 16.4 Å². The van der Waals surface area contributed by atoms with Gasteiger partial charge in [-0.15, -0.1) is 0 Å². The molecule has 1 amide bonds. The van der Waals surface area contributed by atoms with E-state index in [4.69, 9.17) is 5.73 Å². The lowest BCUT2D eigenvalue weighted by molar-refractivity contribution is 0.1000. The zero-order valence-corrected chi connectivity index (χ0v) is 14.6. The number of aromatic nitrogens is 2. The molecule has 0 radical (unpaired) electrons. The van der Waals surface area contributed by atoms with Crippen molar-refractivity contribution in [2.45, 2.75) is 26.9 Å². The molecule has 7 nitrogen and oxygen atoms in total. The molecule has 0 fully saturated rings. The van der Waals surface area contributed by atoms with E-state index >= 15 is 0 Å². The smallest absolute Gasteiger partial charge is 0.248 e. The highest BCUT2D eigenvalue weighted by Crippen LogP contribution is 2.11. The molecule has 0 unspecified atom stereocenters. The van der Waals surface area contributed by atoms with Gasteiger partial charge in [-0.2, -0.15) is 5.10 Å². The lowest BCUT2D eigenvalue weighted by Gasteiger charge is -2.12. The van der Waals surface area contributed by atoms with Gasteiger partial charge in [0, 0.05) is 44.0 Å². The van der Waals surface area contributed by atoms with E-state index < -0.39 is 5.91 Å². The third-order valence-electron chi connectivity index (χ3n) is 3.99. The molecule has 7 heteroatoms. The van der Waals surface area contributed by atoms with Crippen molar-refractivity contribution in [3.05, 3.63) is 52.3 Å². The van der Waals surface area contributed by atoms with E-state index in [0.717, 1.165) is 22.5 Å². The first-order valence-electron chi connectivity index (χ1n) is 7.74. The highest BCUT2D eigenvalue weighted by atomic mass is 16.1. The molecule has 24 heavy (non-hydrogen) atoms. The maximum atomic E-state index is 11.2. The molecule has 0 aliphatic rings. The minimum absolute atomic E-state index is 0.429. The van der Waals surface area contributed by atoms with Crippen LogP contribution in [0.1, 0.15) is 32.9 Å². The second-order valence-corrected chi connectivity index (χ2v) is 5.62. The van der Waals surface area contributed by atoms with Crippen molar-refractivity contribution in [1.82, 2.24) is 20.4 Å². The summed E-state index contributed by atoms with van der Waals surface area (Å²) in [6.07, 6.45) is 0. The molecule has 0 spiro atoms. The lowest BCUT2D eigenvalue weighted by Crippen LogP contribution is -2.36. The van der Waals surface area contributed by atoms with Gasteiger partial charge in [0.1, 0.15) is 0 Å². The predicted molar refractivity (Wildman–Crippen MR) is 94.7 cm³/mol. The van der Waals surface area contributed by atoms with Crippen molar-refractivity contribution in [1.29, 1.82) is 0 Å². The SMILES string of the molecule is CN=C(NCc1cccc(C(N)=O)c1)NCc1c(C)nn(C)c1C. The summed E-state index contributed by atoms with van der Waals surface area (Å²) in [5.41, 5.74) is 10.1. The number of amides is 1. The Labute approximate surface area is 142 Å². The summed E-state index contributed by atoms with van der Waals surface area (Å²) in [4.78, 5) is 15.4. The maximum Gasteiger partial charge on any atom is 0.248 e. The summed E-state index contributed by atoms with van der Waals surface area (Å²) in [6.45, 7) is 5.23. The Morgan fingerprint density at radius 1 is 1.29 bits per heavy atom. The third kappa shape index (κ3) is 4.13. The number of nitrogens with zero attached hydrogens (tertiary/aromatic N) is 3. The molecular weight excluding hydrogens is 304 g/mol. The van der Waals surface area contributed by atoms with Crippen LogP contribution in [-0.2, 0) is 20.1 Å². The quantitative estimate of drug-likeness (QED) is 0.563. The Morgan fingerprint density at radius 2 is 2.00 bits per heavy atom. The van der Waals surface area contributed by atoms with Gasteiger partial charge in [0.25, 0.3) is 0 Å². The summed E-state index contributed by atoms with van der Waals surface area (Å²) in [5.74, 6) is 0.254. The van der Waals surface area contributed by atoms with E-state index in [0.29, 0.717) is 24.6 Å². The predicted octanol–water partition coefficient (Wildman–Crippen LogP) is 1.00. The van der Waals surface area contributed by atoms with Gasteiger partial charge in [0.05, 0.1) is 5.69 Å². The van der Waals surface area contributed by atoms with Gasteiger partial charge in [-0.1, -0.05) is 12.1 Å². The number of benzene rings is 1. The maximum absolute atomic E-state index is 11.2. The monoisotopic (exact) mass is 328 g/mol. The first kappa shape index (κ1) is 17.5. The van der Waals surface area contributed by atoms with Gasteiger partial charge in [-0.3, -0.25) is 14.5 Å². The van der Waals surface area contributed by atoms with Crippen LogP contribution in [0, 0.1) is 13.8 Å². The normalized spacial score (nSPS) is 11.4. The number of rotatable bonds is 5. The third-order valence-corrected chi connectivity index (χ3v) is 3.99. The second kappa shape index (κ2) is 7.63. The summed E-state index contributed by atoms with van der Waals surface area (Å²) in [5, 5.41) is 10.9. The summed E-state index contributed by atoms with van der Waals surface area (Å²) >= 11 is 0. The topological polar surface area (TPSA) is 97.3 Å². The molecule has 1 aromatic heterocycles. The van der Waals surface area contributed by atoms with Crippen molar-refractivity contribution < 1.29 is 4.79 Å². The average Bonchev–Trinajstić information content (AvgIpc) is 2.81. The van der Waals surface area contributed by atoms with Crippen LogP contribution in [0.5, 0.6) is 0 Å². The second-order valence-electron chi connectivity index (χ2n) is 5.62. The van der Waals surface area contributed by atoms with Gasteiger partial charge in [0.15, 0.2) is 5.96 Å². The molecule has 0 aliphatic carbocycles. The van der Waals surface area contributed by atoms with Crippen LogP contribution in [0.15, 0.2) is 29.3 Å². The molecule has 0 aliphatic heterocycles. The van der Waals surface area contributed by atoms with Crippen LogP contribution in [-0.4, -0.2) is 28.7 Å². The van der Waals surface area contributed by atoms with Crippen LogP contribution < -0.4 is 16.4 Å². The Balaban J connectivity index is 1.96. The van der Waals surface area contributed by atoms with Gasteiger partial charge in [0.2, 0.25) is 5.91 Å². The average molecular weight is 328 g/mol. The molecule has 0 bridgehead atoms. The summed E-state index contributed by atoms with van der Waals surface area (Å²) in [6, 6.07) is 7.22. The van der Waals surface area contributed by atoms with Gasteiger partial charge in [-0.05, 0) is 31.5 Å². The summed E-state index contributed by atoms with van der Waals surface area (Å²) in [7, 11) is 3.66. The van der Waals surface area contributed by atoms with Crippen molar-refractivity contribution in [2.24, 2.45) is 17.8 Å². The van der Waals surface area contributed by atoms with E-state index in [1.54, 1.807) is 19.2 Å². The highest BCUT2D eigenvalue weighted by Gasteiger charge is 2.09. The molecule has 1 aromatic carbocycles. The number of carbonyl (C=O) groups excluding carboxylic acids is 1. The van der Waals surface area contributed by atoms with Crippen molar-refractivity contribution >= 4 is 11.9 Å². The van der Waals surface area contributed by atoms with Crippen molar-refractivity contribution in [3.63, 3.8) is 0 Å². The van der Waals surface area contributed by atoms with Crippen LogP contribution in [0.2, 0.25) is 0 Å². The fourth-order valence-corrected chi connectivity index (χ4v) is 2.49. The Morgan fingerprint density at radius 3 is 2.58 bits per heavy atom. The largest absolute Gasteiger partial charge is 0.366 e. The number of aliphatic imine (C=N–C) groups is 1. The molecule has 2 aromatic rings. The minimum atomic E-state index is -0.429. The minimum Gasteiger partial charge on any atom is -0.366 e. The zero-order chi connectivity index (χ0) is 17.7. The van der Waals surface area contributed by atoms with E-state index in [-0.39, 0.29) is 0 Å². The van der Waals surface area contributed by atoms with E-state index in [1.165, 1.54) is 0 Å². The first-order valence-corrected chi connectivity index (χ1v) is 7.74. The first-order chi connectivity index (χ1) is 11.4. The molecule has 2 rings (SSSR count). The molecule has 4 N–H and O–H groups in total. The number of aryl methyl sites for hydroxylation is 2. The number of hydrogen-bond donors (Lipinski definition) is 3. The molecule has 0 saturated carbocycles. The number of nitrogens with one attached hydrogen (secondary N) is 2. The molecule has 0 saturated heterocycles. The lowest BCUT2D eigenvalue weighted by atomic mass is 10.1. The number of carbonyl (C=O) groups is 1. The van der Waals surface area contributed by atoms with Crippen molar-refractivity contribution in [3.8, 4) is 0 Å². The van der Waals surface area contributed by atoms with Gasteiger partial charge in [-0.25, -0.2) is 0 Å². The number of hydrogen-bond acceptors (Lipinski definition) is 3. The van der Waals surface area contributed by atoms with E-state index in [9.17, 15) is 4.79 Å². The molecular formula is C17H24N6O. The standard InChI is InChI=1S/C17H24N6O/c1-11-15(12(2)23(4)22-11)10-21-17(19-3)20-9-13-6-5-7-14(8-13)16(18)24/h5-8H,9-10H2,1-4H3,(H2,18,24)(H2,19,20,21). The van der Waals surface area contributed by atoms with E-state index in [1.807, 2.05) is 37.7 Å². The van der Waals surface area contributed by atoms with Crippen LogP contribution in [0.25, 0.3) is 0 Å². The molecule has 128 valence electrons. The van der Waals surface area contributed by atoms with Crippen LogP contribution in [0.4, 0.5) is 0 Å². The Hall–Kier alpha value is -2.83. The summed E-state index contributed by atoms with van der Waals surface area (Å²) < 4.78 is 1.87. The fraction of sp³-hybridized carbons (Fsp3) is 0.353. The molecule has 0 atom stereocenters. The van der Waals surface area contributed by atoms with Crippen LogP contribution in [0.3, 0.4) is 0 Å². The van der Waals surface area contributed by atoms with Crippen molar-refractivity contribution in [2.75, 3.05) is 7.05 Å². The Kier molecular flexibility index (Phi) is 5.57. The number of guanidine groups is 1. The number of nitrogens with two attached hydrogens (primary N) is 1. The molecule has 1 heterocycles. The highest BCUT2D eigenvalue weighted by molar-refractivity contribution is 5.92. The number of primary amides is 1. The van der Waals surface area contributed by atoms with Crippen LogP contribution >= 0.6 is 0 Å². The van der Waals surface area contributed by atoms with Gasteiger partial charge >= 0.3 is 0 Å². The fourth-order valence-electron chi connectivity index (χ4n) is 2.49. The Bertz CT molecular complexity index is 762. The van der Waals surface area contributed by atoms with E-state index in [2.05, 4.69) is 20.7 Å².